The molecular weight excluding hydrogens is 218 g/mol. The van der Waals surface area contributed by atoms with Crippen molar-refractivity contribution in [2.24, 2.45) is 11.8 Å². The summed E-state index contributed by atoms with van der Waals surface area (Å²) in [5.41, 5.74) is 0. The van der Waals surface area contributed by atoms with Gasteiger partial charge in [-0.25, -0.2) is 0 Å². The third kappa shape index (κ3) is 3.20. The highest BCUT2D eigenvalue weighted by Crippen LogP contribution is 2.29. The van der Waals surface area contributed by atoms with E-state index in [1.54, 1.807) is 0 Å². The van der Waals surface area contributed by atoms with Gasteiger partial charge in [0.2, 0.25) is 5.91 Å². The van der Waals surface area contributed by atoms with Crippen molar-refractivity contribution in [3.8, 4) is 0 Å². The second-order valence-electron chi connectivity index (χ2n) is 5.40. The van der Waals surface area contributed by atoms with Crippen LogP contribution in [-0.4, -0.2) is 23.0 Å². The Morgan fingerprint density at radius 2 is 1.53 bits per heavy atom. The van der Waals surface area contributed by atoms with Gasteiger partial charge in [-0.3, -0.25) is 9.59 Å². The summed E-state index contributed by atoms with van der Waals surface area (Å²) >= 11 is 0. The standard InChI is InChI=1S/C13H21NO3/c15-12(9-5-3-1-2-4-6-9)14-11-7-10(8-11)13(16)17/h9-11H,1-8H2,(H,14,15)(H,16,17). The summed E-state index contributed by atoms with van der Waals surface area (Å²) in [6, 6.07) is 0.104. The zero-order chi connectivity index (χ0) is 12.3. The molecule has 0 heterocycles. The van der Waals surface area contributed by atoms with E-state index in [2.05, 4.69) is 5.32 Å². The lowest BCUT2D eigenvalue weighted by Crippen LogP contribution is -2.48. The van der Waals surface area contributed by atoms with Gasteiger partial charge in [0.25, 0.3) is 0 Å². The molecule has 1 amide bonds. The fourth-order valence-electron chi connectivity index (χ4n) is 2.80. The highest BCUT2D eigenvalue weighted by atomic mass is 16.4. The minimum absolute atomic E-state index is 0.104. The van der Waals surface area contributed by atoms with Gasteiger partial charge in [0, 0.05) is 12.0 Å². The molecule has 0 radical (unpaired) electrons. The summed E-state index contributed by atoms with van der Waals surface area (Å²) in [6.07, 6.45) is 8.01. The Morgan fingerprint density at radius 3 is 2.06 bits per heavy atom. The topological polar surface area (TPSA) is 66.4 Å². The van der Waals surface area contributed by atoms with Crippen LogP contribution in [0.25, 0.3) is 0 Å². The first-order chi connectivity index (χ1) is 8.16. The van der Waals surface area contributed by atoms with E-state index in [0.717, 1.165) is 25.7 Å². The van der Waals surface area contributed by atoms with E-state index in [1.807, 2.05) is 0 Å². The molecule has 0 bridgehead atoms. The van der Waals surface area contributed by atoms with Crippen molar-refractivity contribution in [3.05, 3.63) is 0 Å². The van der Waals surface area contributed by atoms with Gasteiger partial charge >= 0.3 is 5.97 Å². The van der Waals surface area contributed by atoms with Crippen LogP contribution in [0.4, 0.5) is 0 Å². The molecule has 0 aliphatic heterocycles. The summed E-state index contributed by atoms with van der Waals surface area (Å²) in [7, 11) is 0. The summed E-state index contributed by atoms with van der Waals surface area (Å²) in [5.74, 6) is -0.651. The number of rotatable bonds is 3. The Morgan fingerprint density at radius 1 is 0.941 bits per heavy atom. The number of hydrogen-bond acceptors (Lipinski definition) is 2. The molecule has 0 atom stereocenters. The molecular formula is C13H21NO3. The van der Waals surface area contributed by atoms with Crippen molar-refractivity contribution in [3.63, 3.8) is 0 Å². The van der Waals surface area contributed by atoms with Crippen molar-refractivity contribution >= 4 is 11.9 Å². The van der Waals surface area contributed by atoms with Crippen LogP contribution < -0.4 is 5.32 Å². The lowest BCUT2D eigenvalue weighted by molar-refractivity contribution is -0.146. The summed E-state index contributed by atoms with van der Waals surface area (Å²) in [5, 5.41) is 11.8. The number of hydrogen-bond donors (Lipinski definition) is 2. The molecule has 2 saturated carbocycles. The monoisotopic (exact) mass is 239 g/mol. The van der Waals surface area contributed by atoms with Crippen LogP contribution in [0, 0.1) is 11.8 Å². The van der Waals surface area contributed by atoms with Gasteiger partial charge in [-0.05, 0) is 25.7 Å². The van der Waals surface area contributed by atoms with Gasteiger partial charge in [-0.15, -0.1) is 0 Å². The van der Waals surface area contributed by atoms with Gasteiger partial charge in [-0.2, -0.15) is 0 Å². The molecule has 4 heteroatoms. The first kappa shape index (κ1) is 12.4. The lowest BCUT2D eigenvalue weighted by Gasteiger charge is -2.33. The number of carbonyl (C=O) groups is 2. The van der Waals surface area contributed by atoms with Crippen LogP contribution in [0.3, 0.4) is 0 Å². The molecule has 17 heavy (non-hydrogen) atoms. The largest absolute Gasteiger partial charge is 0.481 e. The van der Waals surface area contributed by atoms with Crippen LogP contribution in [0.15, 0.2) is 0 Å². The number of carbonyl (C=O) groups excluding carboxylic acids is 1. The average Bonchev–Trinajstić information content (AvgIpc) is 2.50. The Labute approximate surface area is 102 Å². The molecule has 0 unspecified atom stereocenters. The Kier molecular flexibility index (Phi) is 4.02. The van der Waals surface area contributed by atoms with Crippen molar-refractivity contribution in [1.82, 2.24) is 5.32 Å². The minimum Gasteiger partial charge on any atom is -0.481 e. The molecule has 0 aromatic carbocycles. The fourth-order valence-corrected chi connectivity index (χ4v) is 2.80. The molecule has 0 aromatic heterocycles. The Bertz CT molecular complexity index is 289. The zero-order valence-corrected chi connectivity index (χ0v) is 10.2. The summed E-state index contributed by atoms with van der Waals surface area (Å²) in [6.45, 7) is 0. The van der Waals surface area contributed by atoms with Gasteiger partial charge in [0.15, 0.2) is 0 Å². The van der Waals surface area contributed by atoms with Crippen LogP contribution in [-0.2, 0) is 9.59 Å². The van der Waals surface area contributed by atoms with E-state index in [0.29, 0.717) is 12.8 Å². The van der Waals surface area contributed by atoms with E-state index in [4.69, 9.17) is 5.11 Å². The molecule has 2 aliphatic rings. The first-order valence-electron chi connectivity index (χ1n) is 6.70. The maximum absolute atomic E-state index is 12.0. The van der Waals surface area contributed by atoms with E-state index in [-0.39, 0.29) is 23.8 Å². The van der Waals surface area contributed by atoms with E-state index >= 15 is 0 Å². The molecule has 2 rings (SSSR count). The van der Waals surface area contributed by atoms with Crippen molar-refractivity contribution in [1.29, 1.82) is 0 Å². The maximum Gasteiger partial charge on any atom is 0.306 e. The molecule has 2 fully saturated rings. The van der Waals surface area contributed by atoms with Crippen LogP contribution in [0.1, 0.15) is 51.4 Å². The number of carboxylic acids is 1. The minimum atomic E-state index is -0.732. The van der Waals surface area contributed by atoms with Gasteiger partial charge in [0.1, 0.15) is 0 Å². The molecule has 0 aromatic rings. The predicted octanol–water partition coefficient (Wildman–Crippen LogP) is 1.94. The summed E-state index contributed by atoms with van der Waals surface area (Å²) in [4.78, 5) is 22.6. The second-order valence-corrected chi connectivity index (χ2v) is 5.40. The van der Waals surface area contributed by atoms with Crippen molar-refractivity contribution < 1.29 is 14.7 Å². The molecule has 2 N–H and O–H groups in total. The van der Waals surface area contributed by atoms with E-state index in [9.17, 15) is 9.59 Å². The number of nitrogens with one attached hydrogen (secondary N) is 1. The normalized spacial score (nSPS) is 30.1. The van der Waals surface area contributed by atoms with Crippen molar-refractivity contribution in [2.75, 3.05) is 0 Å². The maximum atomic E-state index is 12.0. The highest BCUT2D eigenvalue weighted by Gasteiger charge is 2.36. The SMILES string of the molecule is O=C(O)C1CC(NC(=O)C2CCCCCC2)C1. The number of amides is 1. The molecule has 4 nitrogen and oxygen atoms in total. The van der Waals surface area contributed by atoms with E-state index < -0.39 is 5.97 Å². The number of carboxylic acid groups (broad SMARTS) is 1. The van der Waals surface area contributed by atoms with Crippen molar-refractivity contribution in [2.45, 2.75) is 57.4 Å². The Balaban J connectivity index is 1.72. The number of aliphatic carboxylic acids is 1. The lowest BCUT2D eigenvalue weighted by atomic mass is 9.80. The first-order valence-corrected chi connectivity index (χ1v) is 6.70. The second kappa shape index (κ2) is 5.52. The summed E-state index contributed by atoms with van der Waals surface area (Å²) < 4.78 is 0. The zero-order valence-electron chi connectivity index (χ0n) is 10.2. The van der Waals surface area contributed by atoms with Gasteiger partial charge in [0.05, 0.1) is 5.92 Å². The van der Waals surface area contributed by atoms with Gasteiger partial charge < -0.3 is 10.4 Å². The third-order valence-electron chi connectivity index (χ3n) is 4.06. The molecule has 96 valence electrons. The van der Waals surface area contributed by atoms with Crippen LogP contribution in [0.2, 0.25) is 0 Å². The van der Waals surface area contributed by atoms with Crippen LogP contribution in [0.5, 0.6) is 0 Å². The highest BCUT2D eigenvalue weighted by molar-refractivity contribution is 5.79. The fraction of sp³-hybridized carbons (Fsp3) is 0.846. The average molecular weight is 239 g/mol. The Hall–Kier alpha value is -1.06. The van der Waals surface area contributed by atoms with Gasteiger partial charge in [-0.1, -0.05) is 25.7 Å². The molecule has 0 spiro atoms. The third-order valence-corrected chi connectivity index (χ3v) is 4.06. The van der Waals surface area contributed by atoms with E-state index in [1.165, 1.54) is 12.8 Å². The molecule has 0 saturated heterocycles. The van der Waals surface area contributed by atoms with Crippen LogP contribution >= 0.6 is 0 Å². The quantitative estimate of drug-likeness (QED) is 0.740. The smallest absolute Gasteiger partial charge is 0.306 e. The molecule has 2 aliphatic carbocycles. The predicted molar refractivity (Wildman–Crippen MR) is 63.5 cm³/mol.